The normalized spacial score (nSPS) is 17.5. The minimum atomic E-state index is 0.478. The van der Waals surface area contributed by atoms with Gasteiger partial charge in [0.2, 0.25) is 0 Å². The summed E-state index contributed by atoms with van der Waals surface area (Å²) in [7, 11) is 4.07. The summed E-state index contributed by atoms with van der Waals surface area (Å²) in [6, 6.07) is 8.51. The number of hydrogen-bond acceptors (Lipinski definition) is 2. The van der Waals surface area contributed by atoms with Gasteiger partial charge in [-0.25, -0.2) is 0 Å². The van der Waals surface area contributed by atoms with Gasteiger partial charge in [0.25, 0.3) is 0 Å². The highest BCUT2D eigenvalue weighted by Crippen LogP contribution is 2.48. The molecule has 0 atom stereocenters. The molecule has 2 aromatic rings. The molecular formula is C14H19N3. The van der Waals surface area contributed by atoms with E-state index >= 15 is 0 Å². The fourth-order valence-electron chi connectivity index (χ4n) is 2.74. The Bertz CT molecular complexity index is 537. The maximum Gasteiger partial charge on any atom is 0.0709 e. The predicted octanol–water partition coefficient (Wildman–Crippen LogP) is 2.12. The Morgan fingerprint density at radius 3 is 2.82 bits per heavy atom. The maximum atomic E-state index is 4.69. The summed E-state index contributed by atoms with van der Waals surface area (Å²) in [6.45, 7) is 1.11. The number of benzene rings is 1. The van der Waals surface area contributed by atoms with Crippen LogP contribution < -0.4 is 5.32 Å². The van der Waals surface area contributed by atoms with Crippen LogP contribution in [-0.4, -0.2) is 23.4 Å². The van der Waals surface area contributed by atoms with Gasteiger partial charge in [-0.15, -0.1) is 0 Å². The number of nitrogens with zero attached hydrogens (tertiary/aromatic N) is 2. The van der Waals surface area contributed by atoms with Crippen molar-refractivity contribution in [3.05, 3.63) is 30.0 Å². The fraction of sp³-hybridized carbons (Fsp3) is 0.500. The molecule has 1 fully saturated rings. The summed E-state index contributed by atoms with van der Waals surface area (Å²) in [6.07, 6.45) is 3.77. The number of aromatic nitrogens is 2. The fourth-order valence-corrected chi connectivity index (χ4v) is 2.74. The minimum Gasteiger partial charge on any atom is -0.319 e. The van der Waals surface area contributed by atoms with E-state index in [0.717, 1.165) is 13.0 Å². The average molecular weight is 229 g/mol. The van der Waals surface area contributed by atoms with E-state index < -0.39 is 0 Å². The van der Waals surface area contributed by atoms with Crippen LogP contribution in [0.1, 0.15) is 18.5 Å². The van der Waals surface area contributed by atoms with Crippen LogP contribution in [0.15, 0.2) is 24.3 Å². The molecule has 3 nitrogen and oxygen atoms in total. The third-order valence-electron chi connectivity index (χ3n) is 3.89. The number of rotatable bonds is 4. The summed E-state index contributed by atoms with van der Waals surface area (Å²) >= 11 is 0. The third-order valence-corrected chi connectivity index (χ3v) is 3.89. The van der Waals surface area contributed by atoms with Crippen molar-refractivity contribution in [3.8, 4) is 0 Å². The molecule has 0 amide bonds. The van der Waals surface area contributed by atoms with Crippen LogP contribution in [0.3, 0.4) is 0 Å². The summed E-state index contributed by atoms with van der Waals surface area (Å²) in [5.41, 5.74) is 2.98. The van der Waals surface area contributed by atoms with Gasteiger partial charge in [0.1, 0.15) is 0 Å². The number of para-hydroxylation sites is 1. The van der Waals surface area contributed by atoms with Crippen molar-refractivity contribution < 1.29 is 0 Å². The van der Waals surface area contributed by atoms with Crippen LogP contribution in [0, 0.1) is 5.41 Å². The van der Waals surface area contributed by atoms with Crippen molar-refractivity contribution in [2.24, 2.45) is 12.5 Å². The van der Waals surface area contributed by atoms with Gasteiger partial charge in [-0.05, 0) is 37.8 Å². The zero-order chi connectivity index (χ0) is 11.9. The Labute approximate surface area is 102 Å². The van der Waals surface area contributed by atoms with Gasteiger partial charge >= 0.3 is 0 Å². The van der Waals surface area contributed by atoms with Crippen LogP contribution in [-0.2, 0) is 13.5 Å². The van der Waals surface area contributed by atoms with E-state index in [2.05, 4.69) is 34.7 Å². The van der Waals surface area contributed by atoms with E-state index in [4.69, 9.17) is 0 Å². The molecule has 0 bridgehead atoms. The minimum absolute atomic E-state index is 0.478. The van der Waals surface area contributed by atoms with Crippen molar-refractivity contribution in [1.82, 2.24) is 15.1 Å². The molecule has 1 heterocycles. The van der Waals surface area contributed by atoms with E-state index in [9.17, 15) is 0 Å². The second-order valence-corrected chi connectivity index (χ2v) is 5.29. The zero-order valence-electron chi connectivity index (χ0n) is 10.5. The Morgan fingerprint density at radius 1 is 1.35 bits per heavy atom. The standard InChI is InChI=1S/C14H19N3/c1-15-10-14(7-8-14)9-12-11-5-3-4-6-13(11)17(2)16-12/h3-6,15H,7-10H2,1-2H3. The average Bonchev–Trinajstić information content (AvgIpc) is 3.01. The van der Waals surface area contributed by atoms with Crippen LogP contribution in [0.5, 0.6) is 0 Å². The number of hydrogen-bond donors (Lipinski definition) is 1. The lowest BCUT2D eigenvalue weighted by atomic mass is 9.98. The van der Waals surface area contributed by atoms with E-state index in [0.29, 0.717) is 5.41 Å². The highest BCUT2D eigenvalue weighted by Gasteiger charge is 2.42. The molecule has 0 saturated heterocycles. The lowest BCUT2D eigenvalue weighted by Gasteiger charge is -2.12. The molecule has 1 saturated carbocycles. The maximum absolute atomic E-state index is 4.69. The molecule has 0 unspecified atom stereocenters. The quantitative estimate of drug-likeness (QED) is 0.870. The van der Waals surface area contributed by atoms with E-state index in [1.165, 1.54) is 29.4 Å². The second kappa shape index (κ2) is 3.84. The van der Waals surface area contributed by atoms with E-state index in [-0.39, 0.29) is 0 Å². The van der Waals surface area contributed by atoms with E-state index in [1.54, 1.807) is 0 Å². The van der Waals surface area contributed by atoms with Crippen molar-refractivity contribution in [2.45, 2.75) is 19.3 Å². The Hall–Kier alpha value is -1.35. The third kappa shape index (κ3) is 1.84. The molecular weight excluding hydrogens is 210 g/mol. The monoisotopic (exact) mass is 229 g/mol. The highest BCUT2D eigenvalue weighted by atomic mass is 15.3. The molecule has 1 aromatic carbocycles. The molecule has 90 valence electrons. The largest absolute Gasteiger partial charge is 0.319 e. The van der Waals surface area contributed by atoms with Crippen molar-refractivity contribution in [2.75, 3.05) is 13.6 Å². The first-order valence-corrected chi connectivity index (χ1v) is 6.29. The van der Waals surface area contributed by atoms with Crippen molar-refractivity contribution >= 4 is 10.9 Å². The van der Waals surface area contributed by atoms with Crippen molar-refractivity contribution in [3.63, 3.8) is 0 Å². The zero-order valence-corrected chi connectivity index (χ0v) is 10.5. The molecule has 1 N–H and O–H groups in total. The predicted molar refractivity (Wildman–Crippen MR) is 70.0 cm³/mol. The first-order chi connectivity index (χ1) is 8.24. The van der Waals surface area contributed by atoms with Crippen LogP contribution >= 0.6 is 0 Å². The molecule has 0 radical (unpaired) electrons. The SMILES string of the molecule is CNCC1(Cc2nn(C)c3ccccc23)CC1. The van der Waals surface area contributed by atoms with Gasteiger partial charge in [0, 0.05) is 19.0 Å². The Balaban J connectivity index is 1.96. The first kappa shape index (κ1) is 10.8. The number of nitrogens with one attached hydrogen (secondary N) is 1. The first-order valence-electron chi connectivity index (χ1n) is 6.29. The summed E-state index contributed by atoms with van der Waals surface area (Å²) in [4.78, 5) is 0. The highest BCUT2D eigenvalue weighted by molar-refractivity contribution is 5.81. The molecule has 17 heavy (non-hydrogen) atoms. The van der Waals surface area contributed by atoms with Gasteiger partial charge in [-0.1, -0.05) is 18.2 Å². The summed E-state index contributed by atoms with van der Waals surface area (Å²) < 4.78 is 2.00. The number of aryl methyl sites for hydroxylation is 1. The molecule has 0 spiro atoms. The summed E-state index contributed by atoms with van der Waals surface area (Å²) in [5, 5.41) is 9.31. The smallest absolute Gasteiger partial charge is 0.0709 e. The van der Waals surface area contributed by atoms with Crippen LogP contribution in [0.25, 0.3) is 10.9 Å². The lowest BCUT2D eigenvalue weighted by molar-refractivity contribution is 0.471. The Morgan fingerprint density at radius 2 is 2.12 bits per heavy atom. The van der Waals surface area contributed by atoms with Crippen LogP contribution in [0.4, 0.5) is 0 Å². The van der Waals surface area contributed by atoms with Crippen molar-refractivity contribution in [1.29, 1.82) is 0 Å². The topological polar surface area (TPSA) is 29.9 Å². The molecule has 0 aliphatic heterocycles. The lowest BCUT2D eigenvalue weighted by Crippen LogP contribution is -2.22. The van der Waals surface area contributed by atoms with Crippen LogP contribution in [0.2, 0.25) is 0 Å². The van der Waals surface area contributed by atoms with Gasteiger partial charge in [-0.3, -0.25) is 4.68 Å². The summed E-state index contributed by atoms with van der Waals surface area (Å²) in [5.74, 6) is 0. The van der Waals surface area contributed by atoms with Gasteiger partial charge < -0.3 is 5.32 Å². The second-order valence-electron chi connectivity index (χ2n) is 5.29. The van der Waals surface area contributed by atoms with Gasteiger partial charge in [-0.2, -0.15) is 5.10 Å². The molecule has 3 heteroatoms. The molecule has 1 aliphatic rings. The molecule has 1 aliphatic carbocycles. The molecule has 1 aromatic heterocycles. The Kier molecular flexibility index (Phi) is 2.44. The molecule has 3 rings (SSSR count). The van der Waals surface area contributed by atoms with Gasteiger partial charge in [0.05, 0.1) is 11.2 Å². The van der Waals surface area contributed by atoms with E-state index in [1.807, 2.05) is 18.8 Å². The van der Waals surface area contributed by atoms with Gasteiger partial charge in [0.15, 0.2) is 0 Å². The number of fused-ring (bicyclic) bond motifs is 1.